The largest absolute Gasteiger partial charge is 0.360 e. The van der Waals surface area contributed by atoms with Gasteiger partial charge in [0.25, 0.3) is 5.91 Å². The van der Waals surface area contributed by atoms with Gasteiger partial charge in [0.1, 0.15) is 12.3 Å². The van der Waals surface area contributed by atoms with E-state index >= 15 is 0 Å². The molecule has 1 aliphatic heterocycles. The van der Waals surface area contributed by atoms with Gasteiger partial charge in [0.2, 0.25) is 5.91 Å². The van der Waals surface area contributed by atoms with Gasteiger partial charge >= 0.3 is 0 Å². The first-order chi connectivity index (χ1) is 14.0. The molecule has 1 fully saturated rings. The first-order valence-electron chi connectivity index (χ1n) is 10.5. The molecule has 2 heterocycles. The van der Waals surface area contributed by atoms with E-state index in [1.807, 2.05) is 24.3 Å². The van der Waals surface area contributed by atoms with Crippen LogP contribution in [0, 0.1) is 6.92 Å². The Balaban J connectivity index is 1.66. The predicted molar refractivity (Wildman–Crippen MR) is 111 cm³/mol. The van der Waals surface area contributed by atoms with E-state index in [1.54, 1.807) is 17.9 Å². The second kappa shape index (κ2) is 10.2. The number of carbonyl (C=O) groups excluding carboxylic acids is 2. The Morgan fingerprint density at radius 1 is 1.17 bits per heavy atom. The van der Waals surface area contributed by atoms with Crippen LogP contribution in [0.25, 0.3) is 0 Å². The number of quaternary nitrogens is 1. The van der Waals surface area contributed by atoms with Crippen LogP contribution in [0.4, 0.5) is 5.82 Å². The Kier molecular flexibility index (Phi) is 7.41. The van der Waals surface area contributed by atoms with Crippen molar-refractivity contribution in [1.82, 2.24) is 10.1 Å². The van der Waals surface area contributed by atoms with Crippen molar-refractivity contribution in [2.75, 3.05) is 38.0 Å². The van der Waals surface area contributed by atoms with Crippen LogP contribution in [-0.4, -0.2) is 54.6 Å². The van der Waals surface area contributed by atoms with Gasteiger partial charge in [-0.15, -0.1) is 0 Å². The summed E-state index contributed by atoms with van der Waals surface area (Å²) in [5, 5.41) is 6.50. The Labute approximate surface area is 172 Å². The summed E-state index contributed by atoms with van der Waals surface area (Å²) in [4.78, 5) is 28.8. The molecule has 0 radical (unpaired) electrons. The smallest absolute Gasteiger partial charge is 0.254 e. The number of anilines is 1. The zero-order chi connectivity index (χ0) is 20.6. The molecule has 156 valence electrons. The van der Waals surface area contributed by atoms with E-state index in [0.29, 0.717) is 23.7 Å². The summed E-state index contributed by atoms with van der Waals surface area (Å²) in [7, 11) is 0. The fourth-order valence-electron chi connectivity index (χ4n) is 3.69. The molecule has 1 aromatic heterocycles. The number of aryl methyl sites for hydroxylation is 2. The topological polar surface area (TPSA) is 79.9 Å². The maximum absolute atomic E-state index is 13.1. The summed E-state index contributed by atoms with van der Waals surface area (Å²) in [6.07, 6.45) is 4.67. The summed E-state index contributed by atoms with van der Waals surface area (Å²) in [5.41, 5.74) is 1.80. The lowest BCUT2D eigenvalue weighted by Crippen LogP contribution is -3.13. The van der Waals surface area contributed by atoms with Gasteiger partial charge in [0, 0.05) is 11.6 Å². The molecule has 7 nitrogen and oxygen atoms in total. The van der Waals surface area contributed by atoms with Crippen molar-refractivity contribution in [2.24, 2.45) is 0 Å². The van der Waals surface area contributed by atoms with E-state index < -0.39 is 0 Å². The van der Waals surface area contributed by atoms with E-state index in [-0.39, 0.29) is 18.4 Å². The average Bonchev–Trinajstić information content (AvgIpc) is 3.15. The van der Waals surface area contributed by atoms with Crippen molar-refractivity contribution in [3.05, 3.63) is 47.2 Å². The highest BCUT2D eigenvalue weighted by molar-refractivity contribution is 5.99. The third-order valence-electron chi connectivity index (χ3n) is 5.42. The number of rotatable bonds is 8. The predicted octanol–water partition coefficient (Wildman–Crippen LogP) is 1.70. The number of hydrogen-bond acceptors (Lipinski definition) is 4. The zero-order valence-electron chi connectivity index (χ0n) is 17.4. The number of aromatic nitrogens is 1. The van der Waals surface area contributed by atoms with Gasteiger partial charge in [-0.3, -0.25) is 9.59 Å². The second-order valence-electron chi connectivity index (χ2n) is 7.71. The Morgan fingerprint density at radius 2 is 1.90 bits per heavy atom. The fourth-order valence-corrected chi connectivity index (χ4v) is 3.69. The molecule has 0 spiro atoms. The van der Waals surface area contributed by atoms with E-state index in [4.69, 9.17) is 4.52 Å². The average molecular weight is 400 g/mol. The van der Waals surface area contributed by atoms with Gasteiger partial charge in [0.15, 0.2) is 5.82 Å². The molecule has 7 heteroatoms. The summed E-state index contributed by atoms with van der Waals surface area (Å²) >= 11 is 0. The molecule has 1 aromatic carbocycles. The quantitative estimate of drug-likeness (QED) is 0.708. The molecule has 3 rings (SSSR count). The molecular formula is C22H31N4O3+. The van der Waals surface area contributed by atoms with Crippen molar-refractivity contribution < 1.29 is 19.0 Å². The second-order valence-corrected chi connectivity index (χ2v) is 7.71. The number of piperidine rings is 1. The van der Waals surface area contributed by atoms with Crippen LogP contribution in [0.15, 0.2) is 34.9 Å². The molecule has 1 aliphatic rings. The molecule has 2 N–H and O–H groups in total. The highest BCUT2D eigenvalue weighted by Crippen LogP contribution is 2.10. The van der Waals surface area contributed by atoms with Gasteiger partial charge in [-0.1, -0.05) is 24.2 Å². The van der Waals surface area contributed by atoms with Gasteiger partial charge in [0.05, 0.1) is 26.2 Å². The minimum absolute atomic E-state index is 0.00640. The number of hydrogen-bond donors (Lipinski definition) is 2. The first-order valence-corrected chi connectivity index (χ1v) is 10.5. The number of amides is 2. The van der Waals surface area contributed by atoms with Crippen LogP contribution in [0.5, 0.6) is 0 Å². The molecule has 0 aliphatic carbocycles. The maximum Gasteiger partial charge on any atom is 0.254 e. The molecule has 29 heavy (non-hydrogen) atoms. The summed E-state index contributed by atoms with van der Waals surface area (Å²) < 4.78 is 4.99. The number of carbonyl (C=O) groups is 2. The molecule has 0 saturated carbocycles. The third kappa shape index (κ3) is 6.15. The minimum Gasteiger partial charge on any atom is -0.360 e. The third-order valence-corrected chi connectivity index (χ3v) is 5.42. The van der Waals surface area contributed by atoms with Gasteiger partial charge in [-0.25, -0.2) is 0 Å². The van der Waals surface area contributed by atoms with E-state index in [0.717, 1.165) is 26.1 Å². The summed E-state index contributed by atoms with van der Waals surface area (Å²) in [6, 6.07) is 9.30. The van der Waals surface area contributed by atoms with Crippen molar-refractivity contribution in [3.63, 3.8) is 0 Å². The highest BCUT2D eigenvalue weighted by Gasteiger charge is 2.22. The van der Waals surface area contributed by atoms with Crippen LogP contribution >= 0.6 is 0 Å². The van der Waals surface area contributed by atoms with Gasteiger partial charge in [-0.05, 0) is 50.3 Å². The van der Waals surface area contributed by atoms with Crippen LogP contribution in [0.2, 0.25) is 0 Å². The fraction of sp³-hybridized carbons (Fsp3) is 0.500. The van der Waals surface area contributed by atoms with Gasteiger partial charge < -0.3 is 19.6 Å². The Bertz CT molecular complexity index is 810. The lowest BCUT2D eigenvalue weighted by Gasteiger charge is -2.27. The molecule has 0 atom stereocenters. The minimum atomic E-state index is -0.273. The number of likely N-dealkylation sites (tertiary alicyclic amines) is 1. The SMILES string of the molecule is CCc1ccc(C(=O)N(CC[NH+]2CCCCC2)CC(=O)Nc2cc(C)on2)cc1. The zero-order valence-corrected chi connectivity index (χ0v) is 17.4. The molecular weight excluding hydrogens is 368 g/mol. The van der Waals surface area contributed by atoms with Crippen molar-refractivity contribution >= 4 is 17.6 Å². The van der Waals surface area contributed by atoms with Gasteiger partial charge in [-0.2, -0.15) is 0 Å². The first kappa shape index (κ1) is 21.0. The van der Waals surface area contributed by atoms with Crippen LogP contribution in [0.3, 0.4) is 0 Å². The molecule has 2 aromatic rings. The number of nitrogens with zero attached hydrogens (tertiary/aromatic N) is 2. The molecule has 0 bridgehead atoms. The van der Waals surface area contributed by atoms with Crippen LogP contribution < -0.4 is 10.2 Å². The van der Waals surface area contributed by atoms with Crippen LogP contribution in [0.1, 0.15) is 47.9 Å². The highest BCUT2D eigenvalue weighted by atomic mass is 16.5. The summed E-state index contributed by atoms with van der Waals surface area (Å²) in [5.74, 6) is 0.604. The maximum atomic E-state index is 13.1. The van der Waals surface area contributed by atoms with Crippen molar-refractivity contribution in [2.45, 2.75) is 39.5 Å². The summed E-state index contributed by atoms with van der Waals surface area (Å²) in [6.45, 7) is 7.52. The number of nitrogens with one attached hydrogen (secondary N) is 2. The van der Waals surface area contributed by atoms with E-state index in [2.05, 4.69) is 17.4 Å². The number of benzene rings is 1. The lowest BCUT2D eigenvalue weighted by atomic mass is 10.1. The van der Waals surface area contributed by atoms with E-state index in [1.165, 1.54) is 29.7 Å². The molecule has 1 saturated heterocycles. The Hall–Kier alpha value is -2.67. The molecule has 2 amide bonds. The molecule has 0 unspecified atom stereocenters. The van der Waals surface area contributed by atoms with Crippen molar-refractivity contribution in [1.29, 1.82) is 0 Å². The standard InChI is InChI=1S/C22H30N4O3/c1-3-18-7-9-19(10-8-18)22(28)26(14-13-25-11-5-4-6-12-25)16-21(27)23-20-15-17(2)29-24-20/h7-10,15H,3-6,11-14,16H2,1-2H3,(H,23,24,27)/p+1. The Morgan fingerprint density at radius 3 is 2.52 bits per heavy atom. The lowest BCUT2D eigenvalue weighted by molar-refractivity contribution is -0.904. The normalized spacial score (nSPS) is 14.6. The van der Waals surface area contributed by atoms with E-state index in [9.17, 15) is 9.59 Å². The van der Waals surface area contributed by atoms with Crippen LogP contribution in [-0.2, 0) is 11.2 Å². The monoisotopic (exact) mass is 399 g/mol. The van der Waals surface area contributed by atoms with Crippen molar-refractivity contribution in [3.8, 4) is 0 Å².